The molecule has 0 bridgehead atoms. The summed E-state index contributed by atoms with van der Waals surface area (Å²) in [5, 5.41) is 16.3. The van der Waals surface area contributed by atoms with Gasteiger partial charge in [0.25, 0.3) is 5.56 Å². The van der Waals surface area contributed by atoms with Crippen LogP contribution < -0.4 is 5.56 Å². The van der Waals surface area contributed by atoms with Crippen LogP contribution in [-0.2, 0) is 11.3 Å². The molecule has 25 heavy (non-hydrogen) atoms. The molecular formula is C17H20N6O2. The van der Waals surface area contributed by atoms with Gasteiger partial charge in [0.2, 0.25) is 0 Å². The minimum absolute atomic E-state index is 0.0208. The van der Waals surface area contributed by atoms with Gasteiger partial charge in [0, 0.05) is 30.1 Å². The molecule has 0 radical (unpaired) electrons. The molecule has 3 aromatic rings. The molecule has 0 atom stereocenters. The fourth-order valence-corrected chi connectivity index (χ4v) is 2.76. The minimum atomic E-state index is -0.196. The van der Waals surface area contributed by atoms with Crippen molar-refractivity contribution in [2.24, 2.45) is 0 Å². The van der Waals surface area contributed by atoms with Gasteiger partial charge in [-0.3, -0.25) is 14.6 Å². The van der Waals surface area contributed by atoms with E-state index in [4.69, 9.17) is 4.74 Å². The van der Waals surface area contributed by atoms with E-state index in [1.165, 1.54) is 10.7 Å². The number of nitrogens with zero attached hydrogens (tertiary/aromatic N) is 5. The molecule has 0 amide bonds. The fraction of sp³-hybridized carbons (Fsp3) is 0.412. The molecule has 0 fully saturated rings. The number of ether oxygens (including phenoxy) is 1. The average molecular weight is 340 g/mol. The number of aromatic amines is 1. The molecule has 0 aliphatic carbocycles. The maximum Gasteiger partial charge on any atom is 0.276 e. The maximum atomic E-state index is 12.8. The number of rotatable bonds is 6. The van der Waals surface area contributed by atoms with E-state index >= 15 is 0 Å². The average Bonchev–Trinajstić information content (AvgIpc) is 3.21. The zero-order valence-electron chi connectivity index (χ0n) is 14.5. The van der Waals surface area contributed by atoms with Gasteiger partial charge in [-0.05, 0) is 12.8 Å². The lowest BCUT2D eigenvalue weighted by Crippen LogP contribution is -2.22. The van der Waals surface area contributed by atoms with Crippen LogP contribution in [0.1, 0.15) is 37.8 Å². The van der Waals surface area contributed by atoms with Crippen LogP contribution in [0.2, 0.25) is 0 Å². The molecule has 8 heteroatoms. The quantitative estimate of drug-likeness (QED) is 0.691. The third-order valence-electron chi connectivity index (χ3n) is 3.97. The van der Waals surface area contributed by atoms with E-state index in [-0.39, 0.29) is 11.5 Å². The van der Waals surface area contributed by atoms with E-state index in [9.17, 15) is 10.1 Å². The molecule has 0 aromatic carbocycles. The second kappa shape index (κ2) is 6.91. The van der Waals surface area contributed by atoms with Crippen molar-refractivity contribution in [2.45, 2.75) is 33.2 Å². The standard InChI is InChI=1S/C17H20N6O2/c1-4-25-6-5-22-10-13(9-19-22)15-14(11(2)3)17(24)23-16(21-15)12(7-18)8-20-23/h8-11,20H,4-6H2,1-3H3. The SMILES string of the molecule is CCOCCn1cc(-c2nc3c(C#N)c[nH]n3c(=O)c2C(C)C)cn1. The van der Waals surface area contributed by atoms with Crippen LogP contribution in [0.3, 0.4) is 0 Å². The van der Waals surface area contributed by atoms with Crippen LogP contribution in [-0.4, -0.2) is 37.6 Å². The van der Waals surface area contributed by atoms with E-state index < -0.39 is 0 Å². The summed E-state index contributed by atoms with van der Waals surface area (Å²) in [6, 6.07) is 2.05. The molecule has 0 saturated carbocycles. The van der Waals surface area contributed by atoms with Gasteiger partial charge in [0.15, 0.2) is 5.65 Å². The molecular weight excluding hydrogens is 320 g/mol. The Morgan fingerprint density at radius 3 is 2.92 bits per heavy atom. The van der Waals surface area contributed by atoms with Crippen molar-refractivity contribution in [3.8, 4) is 17.3 Å². The van der Waals surface area contributed by atoms with Gasteiger partial charge >= 0.3 is 0 Å². The summed E-state index contributed by atoms with van der Waals surface area (Å²) >= 11 is 0. The molecule has 3 aromatic heterocycles. The summed E-state index contributed by atoms with van der Waals surface area (Å²) in [4.78, 5) is 17.4. The molecule has 3 heterocycles. The highest BCUT2D eigenvalue weighted by Crippen LogP contribution is 2.25. The Balaban J connectivity index is 2.13. The lowest BCUT2D eigenvalue weighted by atomic mass is 10.00. The number of aromatic nitrogens is 5. The monoisotopic (exact) mass is 340 g/mol. The molecule has 130 valence electrons. The number of hydrogen-bond donors (Lipinski definition) is 1. The third-order valence-corrected chi connectivity index (χ3v) is 3.97. The van der Waals surface area contributed by atoms with Crippen molar-refractivity contribution in [1.82, 2.24) is 24.4 Å². The Hall–Kier alpha value is -2.92. The van der Waals surface area contributed by atoms with Crippen molar-refractivity contribution >= 4 is 5.65 Å². The second-order valence-electron chi connectivity index (χ2n) is 5.98. The predicted molar refractivity (Wildman–Crippen MR) is 92.3 cm³/mol. The first-order valence-corrected chi connectivity index (χ1v) is 8.21. The minimum Gasteiger partial charge on any atom is -0.380 e. The van der Waals surface area contributed by atoms with Gasteiger partial charge < -0.3 is 4.74 Å². The summed E-state index contributed by atoms with van der Waals surface area (Å²) in [6.45, 7) is 7.69. The van der Waals surface area contributed by atoms with E-state index in [0.29, 0.717) is 42.2 Å². The molecule has 0 unspecified atom stereocenters. The van der Waals surface area contributed by atoms with E-state index in [1.54, 1.807) is 10.9 Å². The summed E-state index contributed by atoms with van der Waals surface area (Å²) in [7, 11) is 0. The Morgan fingerprint density at radius 2 is 2.24 bits per heavy atom. The van der Waals surface area contributed by atoms with Gasteiger partial charge in [-0.1, -0.05) is 13.8 Å². The van der Waals surface area contributed by atoms with E-state index in [2.05, 4.69) is 21.3 Å². The Kier molecular flexibility index (Phi) is 4.67. The van der Waals surface area contributed by atoms with Gasteiger partial charge in [-0.2, -0.15) is 10.4 Å². The van der Waals surface area contributed by atoms with Crippen molar-refractivity contribution in [3.63, 3.8) is 0 Å². The number of hydrogen-bond acceptors (Lipinski definition) is 5. The Bertz CT molecular complexity index is 989. The van der Waals surface area contributed by atoms with Crippen molar-refractivity contribution < 1.29 is 4.74 Å². The maximum absolute atomic E-state index is 12.8. The normalized spacial score (nSPS) is 11.3. The van der Waals surface area contributed by atoms with Crippen LogP contribution in [0.4, 0.5) is 0 Å². The zero-order valence-corrected chi connectivity index (χ0v) is 14.5. The number of H-pyrrole nitrogens is 1. The number of fused-ring (bicyclic) bond motifs is 1. The Labute approximate surface area is 144 Å². The first-order valence-electron chi connectivity index (χ1n) is 8.21. The molecule has 8 nitrogen and oxygen atoms in total. The molecule has 0 aliphatic rings. The van der Waals surface area contributed by atoms with Crippen LogP contribution >= 0.6 is 0 Å². The fourth-order valence-electron chi connectivity index (χ4n) is 2.76. The smallest absolute Gasteiger partial charge is 0.276 e. The second-order valence-corrected chi connectivity index (χ2v) is 5.98. The topological polar surface area (TPSA) is 101 Å². The Morgan fingerprint density at radius 1 is 1.44 bits per heavy atom. The summed E-state index contributed by atoms with van der Waals surface area (Å²) in [6.07, 6.45) is 5.03. The van der Waals surface area contributed by atoms with Crippen molar-refractivity contribution in [2.75, 3.05) is 13.2 Å². The van der Waals surface area contributed by atoms with E-state index in [0.717, 1.165) is 5.56 Å². The molecule has 3 rings (SSSR count). The van der Waals surface area contributed by atoms with Crippen LogP contribution in [0.5, 0.6) is 0 Å². The first-order chi connectivity index (χ1) is 12.1. The van der Waals surface area contributed by atoms with Crippen LogP contribution in [0, 0.1) is 11.3 Å². The summed E-state index contributed by atoms with van der Waals surface area (Å²) in [5.74, 6) is -0.0208. The molecule has 0 saturated heterocycles. The third kappa shape index (κ3) is 3.06. The van der Waals surface area contributed by atoms with Crippen molar-refractivity contribution in [3.05, 3.63) is 40.1 Å². The van der Waals surface area contributed by atoms with Crippen LogP contribution in [0.25, 0.3) is 16.9 Å². The molecule has 0 aliphatic heterocycles. The highest BCUT2D eigenvalue weighted by Gasteiger charge is 2.20. The summed E-state index contributed by atoms with van der Waals surface area (Å²) in [5.41, 5.74) is 2.38. The van der Waals surface area contributed by atoms with Gasteiger partial charge in [0.05, 0.1) is 25.0 Å². The lowest BCUT2D eigenvalue weighted by Gasteiger charge is -2.10. The van der Waals surface area contributed by atoms with Gasteiger partial charge in [-0.25, -0.2) is 9.50 Å². The molecule has 1 N–H and O–H groups in total. The van der Waals surface area contributed by atoms with Gasteiger partial charge in [0.1, 0.15) is 11.6 Å². The van der Waals surface area contributed by atoms with Gasteiger partial charge in [-0.15, -0.1) is 0 Å². The number of nitrogens with one attached hydrogen (secondary N) is 1. The highest BCUT2D eigenvalue weighted by atomic mass is 16.5. The zero-order chi connectivity index (χ0) is 18.0. The van der Waals surface area contributed by atoms with Crippen LogP contribution in [0.15, 0.2) is 23.4 Å². The highest BCUT2D eigenvalue weighted by molar-refractivity contribution is 5.67. The number of nitriles is 1. The summed E-state index contributed by atoms with van der Waals surface area (Å²) < 4.78 is 8.42. The largest absolute Gasteiger partial charge is 0.380 e. The van der Waals surface area contributed by atoms with E-state index in [1.807, 2.05) is 27.0 Å². The predicted octanol–water partition coefficient (Wildman–Crippen LogP) is 1.92. The first kappa shape index (κ1) is 16.9. The van der Waals surface area contributed by atoms with Crippen molar-refractivity contribution in [1.29, 1.82) is 5.26 Å². The molecule has 0 spiro atoms. The lowest BCUT2D eigenvalue weighted by molar-refractivity contribution is 0.136.